The molecule has 0 amide bonds. The molecule has 0 saturated heterocycles. The van der Waals surface area contributed by atoms with Gasteiger partial charge in [0.15, 0.2) is 5.13 Å². The van der Waals surface area contributed by atoms with E-state index in [1.54, 1.807) is 13.8 Å². The Bertz CT molecular complexity index is 1300. The van der Waals surface area contributed by atoms with E-state index in [0.717, 1.165) is 22.4 Å². The van der Waals surface area contributed by atoms with Crippen molar-refractivity contribution in [2.24, 2.45) is 0 Å². The van der Waals surface area contributed by atoms with Crippen molar-refractivity contribution in [1.29, 1.82) is 0 Å². The van der Waals surface area contributed by atoms with E-state index < -0.39 is 29.4 Å². The second-order valence-corrected chi connectivity index (χ2v) is 9.92. The van der Waals surface area contributed by atoms with Crippen molar-refractivity contribution in [2.75, 3.05) is 18.5 Å². The summed E-state index contributed by atoms with van der Waals surface area (Å²) in [5.74, 6) is -0.916. The Balaban J connectivity index is 1.89. The van der Waals surface area contributed by atoms with E-state index in [4.69, 9.17) is 14.5 Å². The van der Waals surface area contributed by atoms with Gasteiger partial charge in [-0.15, -0.1) is 11.3 Å². The average molecular weight is 520 g/mol. The van der Waals surface area contributed by atoms with Crippen LogP contribution in [0.4, 0.5) is 5.13 Å². The summed E-state index contributed by atoms with van der Waals surface area (Å²) in [6.07, 6.45) is 0. The van der Waals surface area contributed by atoms with Gasteiger partial charge in [-0.25, -0.2) is 9.78 Å². The molecule has 3 aromatic rings. The Morgan fingerprint density at radius 3 is 2.46 bits per heavy atom. The minimum atomic E-state index is -1.27. The molecule has 8 heteroatoms. The molecule has 0 spiro atoms. The van der Waals surface area contributed by atoms with Crippen molar-refractivity contribution in [3.8, 4) is 11.3 Å². The van der Waals surface area contributed by atoms with Crippen molar-refractivity contribution < 1.29 is 19.1 Å². The van der Waals surface area contributed by atoms with E-state index >= 15 is 0 Å². The fourth-order valence-corrected chi connectivity index (χ4v) is 5.82. The van der Waals surface area contributed by atoms with Crippen LogP contribution >= 0.6 is 11.3 Å². The molecule has 4 rings (SSSR count). The SMILES string of the molecule is CCOC(=O)C1=C(C)NC(C)C(C(=O)OCC)(c2ccccc2)C1Nc1nc(-c2cccc(C)c2)cs1. The molecule has 0 radical (unpaired) electrons. The topological polar surface area (TPSA) is 89.5 Å². The van der Waals surface area contributed by atoms with Gasteiger partial charge in [0.2, 0.25) is 0 Å². The number of rotatable bonds is 8. The van der Waals surface area contributed by atoms with E-state index in [0.29, 0.717) is 16.4 Å². The fourth-order valence-electron chi connectivity index (χ4n) is 5.07. The number of esters is 2. The molecule has 0 bridgehead atoms. The molecule has 1 aliphatic heterocycles. The molecule has 194 valence electrons. The maximum Gasteiger partial charge on any atom is 0.337 e. The number of anilines is 1. The first-order valence-corrected chi connectivity index (χ1v) is 13.4. The number of thiazole rings is 1. The summed E-state index contributed by atoms with van der Waals surface area (Å²) in [5.41, 5.74) is 3.42. The lowest BCUT2D eigenvalue weighted by Gasteiger charge is -2.48. The lowest BCUT2D eigenvalue weighted by molar-refractivity contribution is -0.152. The summed E-state index contributed by atoms with van der Waals surface area (Å²) in [4.78, 5) is 32.1. The number of hydrogen-bond donors (Lipinski definition) is 2. The lowest BCUT2D eigenvalue weighted by Crippen LogP contribution is -2.66. The van der Waals surface area contributed by atoms with E-state index in [1.165, 1.54) is 11.3 Å². The van der Waals surface area contributed by atoms with Gasteiger partial charge in [-0.1, -0.05) is 54.1 Å². The van der Waals surface area contributed by atoms with Crippen molar-refractivity contribution in [1.82, 2.24) is 10.3 Å². The van der Waals surface area contributed by atoms with Gasteiger partial charge < -0.3 is 20.1 Å². The predicted molar refractivity (Wildman–Crippen MR) is 146 cm³/mol. The highest BCUT2D eigenvalue weighted by Crippen LogP contribution is 2.43. The molecule has 1 aliphatic rings. The van der Waals surface area contributed by atoms with Crippen LogP contribution in [0.1, 0.15) is 38.8 Å². The summed E-state index contributed by atoms with van der Waals surface area (Å²) >= 11 is 1.42. The van der Waals surface area contributed by atoms with Gasteiger partial charge in [0.25, 0.3) is 0 Å². The number of nitrogens with zero attached hydrogens (tertiary/aromatic N) is 1. The standard InChI is InChI=1S/C29H33N3O4S/c1-6-35-26(33)24-19(4)30-20(5)29(27(34)36-7-2,22-14-9-8-10-15-22)25(24)32-28-31-23(17-37-28)21-13-11-12-18(3)16-21/h8-17,20,25,30H,6-7H2,1-5H3,(H,31,32). The molecular weight excluding hydrogens is 486 g/mol. The average Bonchev–Trinajstić information content (AvgIpc) is 3.34. The highest BCUT2D eigenvalue weighted by Gasteiger charge is 2.58. The third-order valence-electron chi connectivity index (χ3n) is 6.71. The van der Waals surface area contributed by atoms with Crippen LogP contribution in [0.15, 0.2) is 71.2 Å². The minimum Gasteiger partial charge on any atom is -0.465 e. The lowest BCUT2D eigenvalue weighted by atomic mass is 9.64. The Kier molecular flexibility index (Phi) is 7.97. The van der Waals surface area contributed by atoms with E-state index in [2.05, 4.69) is 16.7 Å². The smallest absolute Gasteiger partial charge is 0.337 e. The Labute approximate surface area is 221 Å². The predicted octanol–water partition coefficient (Wildman–Crippen LogP) is 5.23. The maximum absolute atomic E-state index is 13.9. The number of nitrogens with one attached hydrogen (secondary N) is 2. The summed E-state index contributed by atoms with van der Waals surface area (Å²) in [5, 5.41) is 9.41. The Morgan fingerprint density at radius 2 is 1.78 bits per heavy atom. The largest absolute Gasteiger partial charge is 0.465 e. The number of benzene rings is 2. The van der Waals surface area contributed by atoms with Crippen molar-refractivity contribution >= 4 is 28.4 Å². The first kappa shape index (κ1) is 26.4. The van der Waals surface area contributed by atoms with Crippen LogP contribution in [0.5, 0.6) is 0 Å². The number of hydrogen-bond acceptors (Lipinski definition) is 8. The summed E-state index contributed by atoms with van der Waals surface area (Å²) in [6.45, 7) is 9.77. The molecule has 1 aromatic heterocycles. The Hall–Kier alpha value is -3.65. The third kappa shape index (κ3) is 4.98. The molecule has 0 saturated carbocycles. The van der Waals surface area contributed by atoms with Crippen LogP contribution in [0.2, 0.25) is 0 Å². The number of allylic oxidation sites excluding steroid dienone is 1. The zero-order valence-corrected chi connectivity index (χ0v) is 22.6. The van der Waals surface area contributed by atoms with Gasteiger partial charge in [0.1, 0.15) is 5.41 Å². The molecule has 3 unspecified atom stereocenters. The molecule has 2 aromatic carbocycles. The van der Waals surface area contributed by atoms with Crippen molar-refractivity contribution in [3.63, 3.8) is 0 Å². The second kappa shape index (κ2) is 11.2. The highest BCUT2D eigenvalue weighted by molar-refractivity contribution is 7.14. The zero-order valence-electron chi connectivity index (χ0n) is 21.8. The van der Waals surface area contributed by atoms with Crippen molar-refractivity contribution in [2.45, 2.75) is 52.1 Å². The molecule has 0 aliphatic carbocycles. The number of aryl methyl sites for hydroxylation is 1. The van der Waals surface area contributed by atoms with Crippen LogP contribution in [-0.4, -0.2) is 42.2 Å². The molecule has 0 fully saturated rings. The normalized spacial score (nSPS) is 21.2. The molecular formula is C29H33N3O4S. The molecule has 37 heavy (non-hydrogen) atoms. The quantitative estimate of drug-likeness (QED) is 0.394. The van der Waals surface area contributed by atoms with Crippen LogP contribution < -0.4 is 10.6 Å². The Morgan fingerprint density at radius 1 is 1.05 bits per heavy atom. The first-order valence-electron chi connectivity index (χ1n) is 12.5. The van der Waals surface area contributed by atoms with Crippen LogP contribution in [-0.2, 0) is 24.5 Å². The van der Waals surface area contributed by atoms with Crippen LogP contribution in [0, 0.1) is 6.92 Å². The van der Waals surface area contributed by atoms with Gasteiger partial charge in [-0.05, 0) is 46.2 Å². The summed E-state index contributed by atoms with van der Waals surface area (Å²) in [7, 11) is 0. The van der Waals surface area contributed by atoms with Gasteiger partial charge in [0, 0.05) is 22.7 Å². The second-order valence-electron chi connectivity index (χ2n) is 9.07. The zero-order chi connectivity index (χ0) is 26.6. The molecule has 7 nitrogen and oxygen atoms in total. The van der Waals surface area contributed by atoms with E-state index in [-0.39, 0.29) is 13.2 Å². The maximum atomic E-state index is 13.9. The highest BCUT2D eigenvalue weighted by atomic mass is 32.1. The molecule has 2 heterocycles. The fraction of sp³-hybridized carbons (Fsp3) is 0.345. The van der Waals surface area contributed by atoms with Gasteiger partial charge >= 0.3 is 11.9 Å². The third-order valence-corrected chi connectivity index (χ3v) is 7.48. The first-order chi connectivity index (χ1) is 17.8. The minimum absolute atomic E-state index is 0.207. The number of aromatic nitrogens is 1. The monoisotopic (exact) mass is 519 g/mol. The van der Waals surface area contributed by atoms with Gasteiger partial charge in [-0.3, -0.25) is 4.79 Å². The molecule has 2 N–H and O–H groups in total. The summed E-state index contributed by atoms with van der Waals surface area (Å²) in [6, 6.07) is 16.4. The van der Waals surface area contributed by atoms with Crippen molar-refractivity contribution in [3.05, 3.63) is 82.4 Å². The van der Waals surface area contributed by atoms with Gasteiger partial charge in [0.05, 0.1) is 30.5 Å². The van der Waals surface area contributed by atoms with Crippen LogP contribution in [0.25, 0.3) is 11.3 Å². The summed E-state index contributed by atoms with van der Waals surface area (Å²) < 4.78 is 11.1. The number of ether oxygens (including phenoxy) is 2. The van der Waals surface area contributed by atoms with Gasteiger partial charge in [-0.2, -0.15) is 0 Å². The molecule has 3 atom stereocenters. The number of carbonyl (C=O) groups excluding carboxylic acids is 2. The number of carbonyl (C=O) groups is 2. The van der Waals surface area contributed by atoms with E-state index in [9.17, 15) is 9.59 Å². The van der Waals surface area contributed by atoms with E-state index in [1.807, 2.05) is 74.7 Å². The van der Waals surface area contributed by atoms with Crippen LogP contribution in [0.3, 0.4) is 0 Å².